The van der Waals surface area contributed by atoms with E-state index in [9.17, 15) is 0 Å². The van der Waals surface area contributed by atoms with Crippen LogP contribution in [0.2, 0.25) is 0 Å². The van der Waals surface area contributed by atoms with Crippen molar-refractivity contribution in [2.45, 2.75) is 25.8 Å². The average molecular weight is 245 g/mol. The van der Waals surface area contributed by atoms with Crippen molar-refractivity contribution in [3.8, 4) is 0 Å². The Kier molecular flexibility index (Phi) is 4.41. The molecule has 0 saturated carbocycles. The van der Waals surface area contributed by atoms with E-state index in [2.05, 4.69) is 33.4 Å². The first-order chi connectivity index (χ1) is 8.79. The van der Waals surface area contributed by atoms with Gasteiger partial charge in [0.1, 0.15) is 12.2 Å². The molecule has 0 aliphatic heterocycles. The highest BCUT2D eigenvalue weighted by Crippen LogP contribution is 2.05. The molecule has 0 bridgehead atoms. The standard InChI is InChI=1S/C13H19N5/c1-3-14-12(8-11-6-4-5-7-15-11)9-13-16-10-17-18(13)2/h4-7,10,12,14H,3,8-9H2,1-2H3. The Bertz CT molecular complexity index is 465. The van der Waals surface area contributed by atoms with Crippen molar-refractivity contribution in [2.75, 3.05) is 6.54 Å². The fraction of sp³-hybridized carbons (Fsp3) is 0.462. The number of likely N-dealkylation sites (N-methyl/N-ethyl adjacent to an activating group) is 1. The molecule has 0 amide bonds. The van der Waals surface area contributed by atoms with Crippen LogP contribution in [0.5, 0.6) is 0 Å². The summed E-state index contributed by atoms with van der Waals surface area (Å²) >= 11 is 0. The molecule has 1 unspecified atom stereocenters. The van der Waals surface area contributed by atoms with Crippen LogP contribution in [-0.2, 0) is 19.9 Å². The summed E-state index contributed by atoms with van der Waals surface area (Å²) in [6.45, 7) is 3.05. The predicted molar refractivity (Wildman–Crippen MR) is 70.1 cm³/mol. The van der Waals surface area contributed by atoms with Crippen LogP contribution < -0.4 is 5.32 Å². The SMILES string of the molecule is CCNC(Cc1ccccn1)Cc1ncnn1C. The topological polar surface area (TPSA) is 55.6 Å². The van der Waals surface area contributed by atoms with Gasteiger partial charge in [0, 0.05) is 37.8 Å². The third-order valence-electron chi connectivity index (χ3n) is 2.91. The second-order valence-electron chi connectivity index (χ2n) is 4.28. The molecule has 0 fully saturated rings. The molecule has 2 rings (SSSR count). The Labute approximate surface area is 107 Å². The second kappa shape index (κ2) is 6.26. The van der Waals surface area contributed by atoms with Crippen LogP contribution in [-0.4, -0.2) is 32.3 Å². The van der Waals surface area contributed by atoms with Gasteiger partial charge in [-0.2, -0.15) is 5.10 Å². The van der Waals surface area contributed by atoms with E-state index in [1.54, 1.807) is 6.33 Å². The molecule has 2 aromatic heterocycles. The zero-order valence-corrected chi connectivity index (χ0v) is 10.9. The molecule has 5 nitrogen and oxygen atoms in total. The van der Waals surface area contributed by atoms with E-state index in [-0.39, 0.29) is 0 Å². The molecular weight excluding hydrogens is 226 g/mol. The number of aromatic nitrogens is 4. The summed E-state index contributed by atoms with van der Waals surface area (Å²) in [5, 5.41) is 7.57. The summed E-state index contributed by atoms with van der Waals surface area (Å²) < 4.78 is 1.82. The zero-order chi connectivity index (χ0) is 12.8. The Morgan fingerprint density at radius 3 is 2.78 bits per heavy atom. The lowest BCUT2D eigenvalue weighted by atomic mass is 10.1. The van der Waals surface area contributed by atoms with Crippen LogP contribution in [0.4, 0.5) is 0 Å². The number of hydrogen-bond acceptors (Lipinski definition) is 4. The monoisotopic (exact) mass is 245 g/mol. The molecule has 5 heteroatoms. The Balaban J connectivity index is 2.02. The quantitative estimate of drug-likeness (QED) is 0.824. The minimum atomic E-state index is 0.341. The number of nitrogens with zero attached hydrogens (tertiary/aromatic N) is 4. The van der Waals surface area contributed by atoms with Crippen LogP contribution in [0.1, 0.15) is 18.4 Å². The van der Waals surface area contributed by atoms with Crippen molar-refractivity contribution in [3.63, 3.8) is 0 Å². The second-order valence-corrected chi connectivity index (χ2v) is 4.28. The molecule has 1 N–H and O–H groups in total. The van der Waals surface area contributed by atoms with Gasteiger partial charge in [0.05, 0.1) is 0 Å². The van der Waals surface area contributed by atoms with E-state index in [1.165, 1.54) is 0 Å². The smallest absolute Gasteiger partial charge is 0.138 e. The normalized spacial score (nSPS) is 12.6. The lowest BCUT2D eigenvalue weighted by Gasteiger charge is -2.16. The van der Waals surface area contributed by atoms with Crippen molar-refractivity contribution < 1.29 is 0 Å². The van der Waals surface area contributed by atoms with Gasteiger partial charge in [-0.3, -0.25) is 9.67 Å². The van der Waals surface area contributed by atoms with Gasteiger partial charge < -0.3 is 5.32 Å². The van der Waals surface area contributed by atoms with E-state index in [0.717, 1.165) is 30.9 Å². The van der Waals surface area contributed by atoms with Crippen molar-refractivity contribution in [3.05, 3.63) is 42.2 Å². The fourth-order valence-electron chi connectivity index (χ4n) is 2.00. The molecule has 2 aromatic rings. The van der Waals surface area contributed by atoms with Crippen LogP contribution in [0, 0.1) is 0 Å². The maximum atomic E-state index is 4.37. The van der Waals surface area contributed by atoms with Crippen LogP contribution in [0.25, 0.3) is 0 Å². The number of hydrogen-bond donors (Lipinski definition) is 1. The third-order valence-corrected chi connectivity index (χ3v) is 2.91. The Morgan fingerprint density at radius 2 is 2.17 bits per heavy atom. The largest absolute Gasteiger partial charge is 0.313 e. The summed E-state index contributed by atoms with van der Waals surface area (Å²) in [5.41, 5.74) is 1.10. The summed E-state index contributed by atoms with van der Waals surface area (Å²) in [6.07, 6.45) is 5.20. The summed E-state index contributed by atoms with van der Waals surface area (Å²) in [4.78, 5) is 8.64. The molecule has 96 valence electrons. The molecular formula is C13H19N5. The van der Waals surface area contributed by atoms with Gasteiger partial charge in [-0.25, -0.2) is 4.98 Å². The number of pyridine rings is 1. The maximum Gasteiger partial charge on any atom is 0.138 e. The lowest BCUT2D eigenvalue weighted by molar-refractivity contribution is 0.495. The summed E-state index contributed by atoms with van der Waals surface area (Å²) in [6, 6.07) is 6.36. The summed E-state index contributed by atoms with van der Waals surface area (Å²) in [5.74, 6) is 0.997. The van der Waals surface area contributed by atoms with Crippen molar-refractivity contribution in [2.24, 2.45) is 7.05 Å². The maximum absolute atomic E-state index is 4.37. The first-order valence-electron chi connectivity index (χ1n) is 6.25. The van der Waals surface area contributed by atoms with E-state index < -0.39 is 0 Å². The van der Waals surface area contributed by atoms with Gasteiger partial charge in [0.2, 0.25) is 0 Å². The van der Waals surface area contributed by atoms with E-state index in [4.69, 9.17) is 0 Å². The number of nitrogens with one attached hydrogen (secondary N) is 1. The lowest BCUT2D eigenvalue weighted by Crippen LogP contribution is -2.34. The van der Waals surface area contributed by atoms with Crippen LogP contribution in [0.3, 0.4) is 0 Å². The first-order valence-corrected chi connectivity index (χ1v) is 6.25. The summed E-state index contributed by atoms with van der Waals surface area (Å²) in [7, 11) is 1.92. The minimum Gasteiger partial charge on any atom is -0.313 e. The predicted octanol–water partition coefficient (Wildman–Crippen LogP) is 0.973. The van der Waals surface area contributed by atoms with Gasteiger partial charge in [-0.15, -0.1) is 0 Å². The minimum absolute atomic E-state index is 0.341. The zero-order valence-electron chi connectivity index (χ0n) is 10.9. The molecule has 18 heavy (non-hydrogen) atoms. The van der Waals surface area contributed by atoms with Gasteiger partial charge >= 0.3 is 0 Å². The highest BCUT2D eigenvalue weighted by atomic mass is 15.3. The fourth-order valence-corrected chi connectivity index (χ4v) is 2.00. The van der Waals surface area contributed by atoms with Gasteiger partial charge in [0.25, 0.3) is 0 Å². The molecule has 0 aromatic carbocycles. The van der Waals surface area contributed by atoms with Crippen molar-refractivity contribution in [1.82, 2.24) is 25.1 Å². The first kappa shape index (κ1) is 12.7. The molecule has 0 spiro atoms. The third kappa shape index (κ3) is 3.37. The van der Waals surface area contributed by atoms with Gasteiger partial charge in [0.15, 0.2) is 0 Å². The van der Waals surface area contributed by atoms with E-state index in [0.29, 0.717) is 6.04 Å². The van der Waals surface area contributed by atoms with E-state index >= 15 is 0 Å². The molecule has 1 atom stereocenters. The molecule has 0 aliphatic carbocycles. The number of rotatable bonds is 6. The average Bonchev–Trinajstić information content (AvgIpc) is 2.77. The highest BCUT2D eigenvalue weighted by molar-refractivity contribution is 5.06. The molecule has 0 radical (unpaired) electrons. The molecule has 2 heterocycles. The van der Waals surface area contributed by atoms with Crippen LogP contribution >= 0.6 is 0 Å². The highest BCUT2D eigenvalue weighted by Gasteiger charge is 2.13. The molecule has 0 saturated heterocycles. The van der Waals surface area contributed by atoms with Crippen molar-refractivity contribution in [1.29, 1.82) is 0 Å². The van der Waals surface area contributed by atoms with E-state index in [1.807, 2.05) is 30.1 Å². The Hall–Kier alpha value is -1.75. The molecule has 0 aliphatic rings. The van der Waals surface area contributed by atoms with Gasteiger partial charge in [-0.05, 0) is 18.7 Å². The van der Waals surface area contributed by atoms with Crippen molar-refractivity contribution >= 4 is 0 Å². The number of aryl methyl sites for hydroxylation is 1. The van der Waals surface area contributed by atoms with Gasteiger partial charge in [-0.1, -0.05) is 13.0 Å². The Morgan fingerprint density at radius 1 is 1.28 bits per heavy atom. The van der Waals surface area contributed by atoms with Crippen LogP contribution in [0.15, 0.2) is 30.7 Å².